The molecule has 0 aliphatic rings. The van der Waals surface area contributed by atoms with E-state index in [2.05, 4.69) is 53.1 Å². The van der Waals surface area contributed by atoms with E-state index in [1.165, 1.54) is 0 Å². The van der Waals surface area contributed by atoms with Gasteiger partial charge in [0.15, 0.2) is 0 Å². The number of rotatable bonds is 5. The first kappa shape index (κ1) is 20.9. The molecule has 0 saturated carbocycles. The van der Waals surface area contributed by atoms with Gasteiger partial charge in [-0.2, -0.15) is 4.57 Å². The number of nitrogens with zero attached hydrogens (tertiary/aromatic N) is 1. The number of hydrogen-bond donors (Lipinski definition) is 2. The molecule has 2 N–H and O–H groups in total. The summed E-state index contributed by atoms with van der Waals surface area (Å²) in [6, 6.07) is 42.7. The van der Waals surface area contributed by atoms with Crippen molar-refractivity contribution in [3.8, 4) is 39.3 Å². The number of pyridine rings is 1. The molecule has 3 nitrogen and oxygen atoms in total. The van der Waals surface area contributed by atoms with Crippen LogP contribution in [0.15, 0.2) is 127 Å². The van der Waals surface area contributed by atoms with E-state index >= 15 is 0 Å². The van der Waals surface area contributed by atoms with Crippen molar-refractivity contribution < 1.29 is 14.6 Å². The highest BCUT2D eigenvalue weighted by atomic mass is 16.4. The summed E-state index contributed by atoms with van der Waals surface area (Å²) in [7, 11) is -1.53. The van der Waals surface area contributed by atoms with Crippen LogP contribution in [0.25, 0.3) is 39.3 Å². The predicted molar refractivity (Wildman–Crippen MR) is 134 cm³/mol. The highest BCUT2D eigenvalue weighted by molar-refractivity contribution is 6.58. The maximum Gasteiger partial charge on any atom is 0.488 e. The second-order valence-corrected chi connectivity index (χ2v) is 7.92. The highest BCUT2D eigenvalue weighted by Gasteiger charge is 2.26. The minimum atomic E-state index is -1.53. The van der Waals surface area contributed by atoms with Crippen LogP contribution >= 0.6 is 0 Å². The zero-order chi connectivity index (χ0) is 22.6. The smallest absolute Gasteiger partial charge is 0.423 e. The summed E-state index contributed by atoms with van der Waals surface area (Å²) in [5.74, 6) is 0. The van der Waals surface area contributed by atoms with E-state index in [0.717, 1.165) is 39.3 Å². The van der Waals surface area contributed by atoms with Gasteiger partial charge in [0, 0.05) is 35.4 Å². The lowest BCUT2D eigenvalue weighted by molar-refractivity contribution is -0.572. The van der Waals surface area contributed by atoms with Gasteiger partial charge >= 0.3 is 7.12 Å². The summed E-state index contributed by atoms with van der Waals surface area (Å²) in [5.41, 5.74) is 7.73. The van der Waals surface area contributed by atoms with Gasteiger partial charge < -0.3 is 10.0 Å². The minimum Gasteiger partial charge on any atom is -0.423 e. The maximum absolute atomic E-state index is 9.81. The lowest BCUT2D eigenvalue weighted by Crippen LogP contribution is -2.39. The molecule has 5 aromatic rings. The Morgan fingerprint density at radius 2 is 0.939 bits per heavy atom. The predicted octanol–water partition coefficient (Wildman–Crippen LogP) is 4.64. The summed E-state index contributed by atoms with van der Waals surface area (Å²) in [4.78, 5) is 0. The van der Waals surface area contributed by atoms with E-state index in [1.54, 1.807) is 6.07 Å². The lowest BCUT2D eigenvalue weighted by atomic mass is 9.80. The molecule has 0 aliphatic carbocycles. The van der Waals surface area contributed by atoms with Crippen LogP contribution in [0.2, 0.25) is 0 Å². The number of hydrogen-bond acceptors (Lipinski definition) is 2. The largest absolute Gasteiger partial charge is 0.488 e. The van der Waals surface area contributed by atoms with Gasteiger partial charge in [-0.25, -0.2) is 0 Å². The monoisotopic (exact) mass is 428 g/mol. The van der Waals surface area contributed by atoms with Crippen LogP contribution in [-0.4, -0.2) is 17.2 Å². The molecule has 0 atom stereocenters. The quantitative estimate of drug-likeness (QED) is 0.316. The fourth-order valence-corrected chi connectivity index (χ4v) is 4.14. The molecule has 1 aromatic heterocycles. The number of benzene rings is 4. The molecule has 0 saturated heterocycles. The van der Waals surface area contributed by atoms with Crippen LogP contribution in [0.4, 0.5) is 0 Å². The van der Waals surface area contributed by atoms with Crippen LogP contribution in [0.3, 0.4) is 0 Å². The van der Waals surface area contributed by atoms with Gasteiger partial charge in [-0.05, 0) is 40.9 Å². The Morgan fingerprint density at radius 1 is 0.455 bits per heavy atom. The van der Waals surface area contributed by atoms with Crippen molar-refractivity contribution in [1.82, 2.24) is 0 Å². The summed E-state index contributed by atoms with van der Waals surface area (Å²) in [6.45, 7) is 0. The molecule has 33 heavy (non-hydrogen) atoms. The molecule has 0 bridgehead atoms. The first-order valence-electron chi connectivity index (χ1n) is 10.9. The topological polar surface area (TPSA) is 44.3 Å². The molecule has 0 amide bonds. The van der Waals surface area contributed by atoms with E-state index in [-0.39, 0.29) is 0 Å². The molecule has 0 unspecified atom stereocenters. The molecule has 0 fully saturated rings. The molecule has 1 heterocycles. The maximum atomic E-state index is 9.81. The van der Waals surface area contributed by atoms with E-state index in [0.29, 0.717) is 5.46 Å². The van der Waals surface area contributed by atoms with Crippen molar-refractivity contribution in [3.63, 3.8) is 0 Å². The van der Waals surface area contributed by atoms with Gasteiger partial charge in [-0.3, -0.25) is 0 Å². The van der Waals surface area contributed by atoms with E-state index in [1.807, 2.05) is 72.8 Å². The Bertz CT molecular complexity index is 1310. The summed E-state index contributed by atoms with van der Waals surface area (Å²) < 4.78 is 2.18. The highest BCUT2D eigenvalue weighted by Crippen LogP contribution is 2.30. The minimum absolute atomic E-state index is 0.449. The Kier molecular flexibility index (Phi) is 5.86. The average Bonchev–Trinajstić information content (AvgIpc) is 2.89. The van der Waals surface area contributed by atoms with Crippen LogP contribution in [0, 0.1) is 0 Å². The van der Waals surface area contributed by atoms with Gasteiger partial charge in [0.25, 0.3) is 0 Å². The first-order chi connectivity index (χ1) is 16.2. The van der Waals surface area contributed by atoms with Crippen molar-refractivity contribution in [2.45, 2.75) is 0 Å². The third-order valence-corrected chi connectivity index (χ3v) is 5.74. The van der Waals surface area contributed by atoms with Crippen LogP contribution in [-0.2, 0) is 0 Å². The molecule has 0 aliphatic heterocycles. The molecule has 4 heteroatoms. The van der Waals surface area contributed by atoms with E-state index < -0.39 is 7.12 Å². The summed E-state index contributed by atoms with van der Waals surface area (Å²) in [5, 5.41) is 19.6. The average molecular weight is 428 g/mol. The second-order valence-electron chi connectivity index (χ2n) is 7.92. The Hall–Kier alpha value is -3.99. The van der Waals surface area contributed by atoms with Crippen molar-refractivity contribution >= 4 is 12.6 Å². The van der Waals surface area contributed by atoms with E-state index in [4.69, 9.17) is 0 Å². The zero-order valence-corrected chi connectivity index (χ0v) is 18.0. The molecule has 158 valence electrons. The van der Waals surface area contributed by atoms with Gasteiger partial charge in [-0.15, -0.1) is 0 Å². The van der Waals surface area contributed by atoms with Gasteiger partial charge in [0.05, 0.1) is 0 Å². The molecule has 5 rings (SSSR count). The molecular formula is C29H23BNO2+. The molecule has 4 aromatic carbocycles. The SMILES string of the molecule is OB(O)c1cccc(-[n+]2c(-c3ccccc3)cc(-c3ccccc3)cc2-c2ccccc2)c1. The summed E-state index contributed by atoms with van der Waals surface area (Å²) >= 11 is 0. The Balaban J connectivity index is 1.87. The lowest BCUT2D eigenvalue weighted by Gasteiger charge is -2.13. The first-order valence-corrected chi connectivity index (χ1v) is 10.9. The van der Waals surface area contributed by atoms with Crippen LogP contribution in [0.5, 0.6) is 0 Å². The van der Waals surface area contributed by atoms with Crippen molar-refractivity contribution in [2.75, 3.05) is 0 Å². The Labute approximate surface area is 194 Å². The third-order valence-electron chi connectivity index (χ3n) is 5.74. The fourth-order valence-electron chi connectivity index (χ4n) is 4.14. The Morgan fingerprint density at radius 3 is 1.42 bits per heavy atom. The second kappa shape index (κ2) is 9.25. The zero-order valence-electron chi connectivity index (χ0n) is 18.0. The van der Waals surface area contributed by atoms with Gasteiger partial charge in [-0.1, -0.05) is 78.9 Å². The van der Waals surface area contributed by atoms with Crippen LogP contribution in [0.1, 0.15) is 0 Å². The van der Waals surface area contributed by atoms with Crippen LogP contribution < -0.4 is 10.0 Å². The van der Waals surface area contributed by atoms with Crippen molar-refractivity contribution in [1.29, 1.82) is 0 Å². The van der Waals surface area contributed by atoms with Crippen molar-refractivity contribution in [3.05, 3.63) is 127 Å². The van der Waals surface area contributed by atoms with Crippen molar-refractivity contribution in [2.24, 2.45) is 0 Å². The number of aromatic nitrogens is 1. The molecule has 0 spiro atoms. The van der Waals surface area contributed by atoms with Gasteiger partial charge in [0.2, 0.25) is 17.1 Å². The fraction of sp³-hybridized carbons (Fsp3) is 0. The van der Waals surface area contributed by atoms with E-state index in [9.17, 15) is 10.0 Å². The van der Waals surface area contributed by atoms with Gasteiger partial charge in [0.1, 0.15) is 0 Å². The standard InChI is InChI=1S/C29H23BNO2/c32-30(33)26-17-10-18-27(21-26)31-28(23-13-6-2-7-14-23)19-25(22-11-4-1-5-12-22)20-29(31)24-15-8-3-9-16-24/h1-21,32-33H/q+1. The molecule has 0 radical (unpaired) electrons. The summed E-state index contributed by atoms with van der Waals surface area (Å²) in [6.07, 6.45) is 0. The normalized spacial score (nSPS) is 10.7. The molecular weight excluding hydrogens is 405 g/mol. The third kappa shape index (κ3) is 4.35.